The van der Waals surface area contributed by atoms with Crippen molar-refractivity contribution in [2.75, 3.05) is 4.90 Å². The van der Waals surface area contributed by atoms with Crippen molar-refractivity contribution in [3.63, 3.8) is 0 Å². The summed E-state index contributed by atoms with van der Waals surface area (Å²) in [5.41, 5.74) is 2.44. The maximum Gasteiger partial charge on any atom is 0.404 e. The van der Waals surface area contributed by atoms with Gasteiger partial charge in [-0.25, -0.2) is 14.8 Å². The van der Waals surface area contributed by atoms with E-state index in [0.29, 0.717) is 32.5 Å². The van der Waals surface area contributed by atoms with Crippen molar-refractivity contribution in [1.29, 1.82) is 0 Å². The molecule has 0 saturated carbocycles. The summed E-state index contributed by atoms with van der Waals surface area (Å²) < 4.78 is 3.14. The molecular formula is C25H25ClN6O4. The third-order valence-corrected chi connectivity index (χ3v) is 7.92. The van der Waals surface area contributed by atoms with Gasteiger partial charge in [0.25, 0.3) is 5.56 Å². The molecule has 2 fully saturated rings. The molecule has 3 atom stereocenters. The lowest BCUT2D eigenvalue weighted by Gasteiger charge is -2.39. The second kappa shape index (κ2) is 8.49. The van der Waals surface area contributed by atoms with E-state index in [1.54, 1.807) is 42.3 Å². The van der Waals surface area contributed by atoms with Crippen molar-refractivity contribution >= 4 is 45.4 Å². The Morgan fingerprint density at radius 1 is 1.17 bits per heavy atom. The lowest BCUT2D eigenvalue weighted by molar-refractivity contribution is 0.185. The molecule has 10 nitrogen and oxygen atoms in total. The van der Waals surface area contributed by atoms with E-state index < -0.39 is 6.09 Å². The molecule has 0 aliphatic carbocycles. The van der Waals surface area contributed by atoms with Gasteiger partial charge in [-0.1, -0.05) is 17.7 Å². The minimum atomic E-state index is -0.991. The fraction of sp³-hybridized carbons (Fsp3) is 0.360. The van der Waals surface area contributed by atoms with E-state index in [2.05, 4.69) is 10.2 Å². The average molecular weight is 509 g/mol. The van der Waals surface area contributed by atoms with Crippen LogP contribution >= 0.6 is 11.6 Å². The molecule has 0 spiro atoms. The molecule has 3 N–H and O–H groups in total. The molecule has 3 aromatic heterocycles. The molecule has 36 heavy (non-hydrogen) atoms. The van der Waals surface area contributed by atoms with Crippen LogP contribution in [0.4, 0.5) is 10.6 Å². The zero-order valence-electron chi connectivity index (χ0n) is 19.6. The van der Waals surface area contributed by atoms with E-state index in [4.69, 9.17) is 26.7 Å². The highest BCUT2D eigenvalue weighted by molar-refractivity contribution is 6.38. The van der Waals surface area contributed by atoms with E-state index in [1.807, 2.05) is 6.07 Å². The molecule has 4 aromatic rings. The molecule has 1 aromatic carbocycles. The van der Waals surface area contributed by atoms with Crippen LogP contribution in [0.1, 0.15) is 25.7 Å². The standard InChI is InChI=1S/C25H25ClN6O4/c1-30-7-6-17-18(24(30)34)5-4-16(21(17)26)19-11-31(12-33)23-22(19)27-10-20(29-23)32-14-2-3-15(32)9-13(8-14)28-25(35)36/h4-7,10-11,13-15,28,33H,2-3,8-9,12H2,1H3,(H,35,36)/t13?,14-,15+. The summed E-state index contributed by atoms with van der Waals surface area (Å²) in [7, 11) is 1.70. The topological polar surface area (TPSA) is 126 Å². The number of piperidine rings is 1. The highest BCUT2D eigenvalue weighted by Gasteiger charge is 2.42. The van der Waals surface area contributed by atoms with E-state index in [1.165, 1.54) is 4.57 Å². The maximum atomic E-state index is 12.5. The number of aryl methyl sites for hydroxylation is 1. The number of aliphatic hydroxyl groups excluding tert-OH is 1. The number of aliphatic hydroxyl groups is 1. The molecule has 2 aliphatic rings. The van der Waals surface area contributed by atoms with Gasteiger partial charge in [-0.15, -0.1) is 0 Å². The van der Waals surface area contributed by atoms with Gasteiger partial charge in [0.2, 0.25) is 0 Å². The first-order valence-corrected chi connectivity index (χ1v) is 12.3. The number of benzene rings is 1. The van der Waals surface area contributed by atoms with E-state index in [0.717, 1.165) is 37.1 Å². The van der Waals surface area contributed by atoms with Crippen LogP contribution in [0.15, 0.2) is 41.6 Å². The molecule has 2 aliphatic heterocycles. The number of carboxylic acid groups (broad SMARTS) is 1. The summed E-state index contributed by atoms with van der Waals surface area (Å²) in [4.78, 5) is 35.5. The summed E-state index contributed by atoms with van der Waals surface area (Å²) in [5, 5.41) is 23.5. The number of nitrogens with one attached hydrogen (secondary N) is 1. The molecule has 0 radical (unpaired) electrons. The van der Waals surface area contributed by atoms with Gasteiger partial charge in [0.05, 0.1) is 11.2 Å². The number of halogens is 1. The quantitative estimate of drug-likeness (QED) is 0.386. The van der Waals surface area contributed by atoms with E-state index >= 15 is 0 Å². The number of aromatic nitrogens is 4. The summed E-state index contributed by atoms with van der Waals surface area (Å²) in [5.74, 6) is 0.719. The van der Waals surface area contributed by atoms with Crippen molar-refractivity contribution in [2.24, 2.45) is 7.05 Å². The third-order valence-electron chi connectivity index (χ3n) is 7.52. The van der Waals surface area contributed by atoms with Crippen molar-refractivity contribution in [3.8, 4) is 11.1 Å². The number of hydrogen-bond donors (Lipinski definition) is 3. The number of carbonyl (C=O) groups is 1. The number of nitrogens with zero attached hydrogens (tertiary/aromatic N) is 5. The lowest BCUT2D eigenvalue weighted by Crippen LogP contribution is -2.50. The minimum absolute atomic E-state index is 0.0623. The van der Waals surface area contributed by atoms with Gasteiger partial charge >= 0.3 is 6.09 Å². The Bertz CT molecular complexity index is 1570. The zero-order chi connectivity index (χ0) is 25.1. The smallest absolute Gasteiger partial charge is 0.404 e. The molecule has 11 heteroatoms. The zero-order valence-corrected chi connectivity index (χ0v) is 20.3. The van der Waals surface area contributed by atoms with Gasteiger partial charge in [-0.3, -0.25) is 4.79 Å². The Morgan fingerprint density at radius 3 is 2.61 bits per heavy atom. The largest absolute Gasteiger partial charge is 0.465 e. The first-order valence-electron chi connectivity index (χ1n) is 11.9. The van der Waals surface area contributed by atoms with Crippen molar-refractivity contribution < 1.29 is 15.0 Å². The van der Waals surface area contributed by atoms with Gasteiger partial charge < -0.3 is 29.6 Å². The van der Waals surface area contributed by atoms with E-state index in [-0.39, 0.29) is 30.4 Å². The summed E-state index contributed by atoms with van der Waals surface area (Å²) >= 11 is 6.78. The Hall–Kier alpha value is -3.63. The van der Waals surface area contributed by atoms with Gasteiger partial charge in [-0.05, 0) is 37.8 Å². The summed E-state index contributed by atoms with van der Waals surface area (Å²) in [6, 6.07) is 5.68. The molecule has 1 unspecified atom stereocenters. The molecular weight excluding hydrogens is 484 g/mol. The van der Waals surface area contributed by atoms with E-state index in [9.17, 15) is 14.7 Å². The van der Waals surface area contributed by atoms with Gasteiger partial charge in [-0.2, -0.15) is 0 Å². The number of anilines is 1. The molecule has 6 rings (SSSR count). The first-order chi connectivity index (χ1) is 17.4. The predicted molar refractivity (Wildman–Crippen MR) is 136 cm³/mol. The van der Waals surface area contributed by atoms with Crippen LogP contribution in [0.2, 0.25) is 5.02 Å². The molecule has 2 saturated heterocycles. The maximum absolute atomic E-state index is 12.5. The normalized spacial score (nSPS) is 21.4. The minimum Gasteiger partial charge on any atom is -0.465 e. The Morgan fingerprint density at radius 2 is 1.92 bits per heavy atom. The van der Waals surface area contributed by atoms with Gasteiger partial charge in [0.15, 0.2) is 5.65 Å². The van der Waals surface area contributed by atoms with Crippen LogP contribution in [-0.4, -0.2) is 53.5 Å². The SMILES string of the molecule is Cn1ccc2c(Cl)c(-c3cn(CO)c4nc(N5[C@@H]6CC[C@H]5CC(NC(=O)O)C6)cnc34)ccc2c1=O. The van der Waals surface area contributed by atoms with Crippen LogP contribution in [-0.2, 0) is 13.8 Å². The summed E-state index contributed by atoms with van der Waals surface area (Å²) in [6.45, 7) is -0.280. The predicted octanol–water partition coefficient (Wildman–Crippen LogP) is 3.32. The van der Waals surface area contributed by atoms with Crippen LogP contribution in [0, 0.1) is 0 Å². The molecule has 2 bridgehead atoms. The average Bonchev–Trinajstić information content (AvgIpc) is 3.35. The highest BCUT2D eigenvalue weighted by Crippen LogP contribution is 2.41. The highest BCUT2D eigenvalue weighted by atomic mass is 35.5. The monoisotopic (exact) mass is 508 g/mol. The van der Waals surface area contributed by atoms with Crippen LogP contribution in [0.25, 0.3) is 33.1 Å². The second-order valence-electron chi connectivity index (χ2n) is 9.58. The molecule has 5 heterocycles. The Kier molecular flexibility index (Phi) is 5.38. The number of pyridine rings is 1. The van der Waals surface area contributed by atoms with Crippen LogP contribution < -0.4 is 15.8 Å². The van der Waals surface area contributed by atoms with Crippen molar-refractivity contribution in [3.05, 3.63) is 52.2 Å². The fourth-order valence-electron chi connectivity index (χ4n) is 5.91. The van der Waals surface area contributed by atoms with Gasteiger partial charge in [0, 0.05) is 59.5 Å². The fourth-order valence-corrected chi connectivity index (χ4v) is 6.24. The second-order valence-corrected chi connectivity index (χ2v) is 9.96. The Balaban J connectivity index is 1.41. The molecule has 1 amide bonds. The van der Waals surface area contributed by atoms with Crippen LogP contribution in [0.3, 0.4) is 0 Å². The first kappa shape index (κ1) is 22.8. The third kappa shape index (κ3) is 3.51. The van der Waals surface area contributed by atoms with Crippen molar-refractivity contribution in [2.45, 2.75) is 50.5 Å². The Labute approximate surface area is 210 Å². The number of hydrogen-bond acceptors (Lipinski definition) is 6. The lowest BCUT2D eigenvalue weighted by atomic mass is 9.97. The number of rotatable bonds is 4. The van der Waals surface area contributed by atoms with Crippen molar-refractivity contribution in [1.82, 2.24) is 24.4 Å². The number of fused-ring (bicyclic) bond motifs is 4. The number of amides is 1. The molecule has 186 valence electrons. The summed E-state index contributed by atoms with van der Waals surface area (Å²) in [6.07, 6.45) is 7.61. The van der Waals surface area contributed by atoms with Gasteiger partial charge in [0.1, 0.15) is 18.1 Å². The van der Waals surface area contributed by atoms with Crippen LogP contribution in [0.5, 0.6) is 0 Å².